The minimum absolute atomic E-state index is 0.0827. The van der Waals surface area contributed by atoms with Gasteiger partial charge >= 0.3 is 5.97 Å². The summed E-state index contributed by atoms with van der Waals surface area (Å²) in [5.74, 6) is -0.585. The molecule has 5 heterocycles. The summed E-state index contributed by atoms with van der Waals surface area (Å²) in [6.07, 6.45) is 1.96. The van der Waals surface area contributed by atoms with Crippen molar-refractivity contribution >= 4 is 62.6 Å². The van der Waals surface area contributed by atoms with Crippen LogP contribution >= 0.6 is 23.2 Å². The first kappa shape index (κ1) is 40.0. The number of benzene rings is 3. The van der Waals surface area contributed by atoms with Crippen molar-refractivity contribution in [1.82, 2.24) is 23.8 Å². The Morgan fingerprint density at radius 3 is 2.36 bits per heavy atom. The number of hydrogen-bond donors (Lipinski definition) is 1. The van der Waals surface area contributed by atoms with Crippen molar-refractivity contribution in [2.75, 3.05) is 50.9 Å². The van der Waals surface area contributed by atoms with Crippen molar-refractivity contribution in [3.63, 3.8) is 0 Å². The van der Waals surface area contributed by atoms with Crippen LogP contribution in [0.4, 0.5) is 5.69 Å². The van der Waals surface area contributed by atoms with Crippen LogP contribution < -0.4 is 9.64 Å². The normalized spacial score (nSPS) is 16.2. The van der Waals surface area contributed by atoms with E-state index in [1.54, 1.807) is 16.5 Å². The number of anilines is 1. The van der Waals surface area contributed by atoms with E-state index in [-0.39, 0.29) is 24.2 Å². The van der Waals surface area contributed by atoms with E-state index in [9.17, 15) is 9.90 Å². The largest absolute Gasteiger partial charge is 0.494 e. The maximum atomic E-state index is 15.4. The number of carboxylic acid groups (broad SMARTS) is 1. The summed E-state index contributed by atoms with van der Waals surface area (Å²) in [6.45, 7) is 14.8. The third-order valence-electron chi connectivity index (χ3n) is 12.1. The van der Waals surface area contributed by atoms with Gasteiger partial charge in [0.2, 0.25) is 0 Å². The van der Waals surface area contributed by atoms with Crippen molar-refractivity contribution < 1.29 is 24.2 Å². The number of aromatic nitrogens is 4. The Morgan fingerprint density at radius 1 is 0.966 bits per heavy atom. The topological polar surface area (TPSA) is 107 Å². The van der Waals surface area contributed by atoms with E-state index in [4.69, 9.17) is 37.8 Å². The van der Waals surface area contributed by atoms with Gasteiger partial charge in [0.05, 0.1) is 47.3 Å². The molecular formula is C45H50Cl2N6O5. The molecule has 0 saturated carbocycles. The summed E-state index contributed by atoms with van der Waals surface area (Å²) in [6, 6.07) is 13.7. The van der Waals surface area contributed by atoms with Crippen LogP contribution in [0.1, 0.15) is 74.0 Å². The second kappa shape index (κ2) is 15.7. The van der Waals surface area contributed by atoms with Crippen molar-refractivity contribution in [2.45, 2.75) is 59.9 Å². The fourth-order valence-corrected chi connectivity index (χ4v) is 9.54. The first-order chi connectivity index (χ1) is 27.8. The third-order valence-corrected chi connectivity index (χ3v) is 13.0. The molecule has 0 spiro atoms. The molecule has 58 heavy (non-hydrogen) atoms. The summed E-state index contributed by atoms with van der Waals surface area (Å²) in [5, 5.41) is 18.5. The minimum Gasteiger partial charge on any atom is -0.494 e. The van der Waals surface area contributed by atoms with Gasteiger partial charge in [-0.25, -0.2) is 4.79 Å². The van der Waals surface area contributed by atoms with Crippen LogP contribution in [-0.4, -0.2) is 86.8 Å². The maximum absolute atomic E-state index is 15.4. The molecule has 2 aliphatic heterocycles. The van der Waals surface area contributed by atoms with E-state index in [0.717, 1.165) is 117 Å². The average molecular weight is 826 g/mol. The molecule has 13 heteroatoms. The Morgan fingerprint density at radius 2 is 1.69 bits per heavy atom. The zero-order chi connectivity index (χ0) is 41.2. The lowest BCUT2D eigenvalue weighted by Crippen LogP contribution is -2.43. The molecule has 1 saturated heterocycles. The number of ether oxygens (including phenoxy) is 2. The summed E-state index contributed by atoms with van der Waals surface area (Å²) in [7, 11) is 3.68. The number of carbonyl (C=O) groups excluding carboxylic acids is 1. The van der Waals surface area contributed by atoms with Crippen LogP contribution in [0.2, 0.25) is 10.0 Å². The number of amides is 1. The smallest absolute Gasteiger partial charge is 0.354 e. The van der Waals surface area contributed by atoms with Gasteiger partial charge in [0, 0.05) is 78.9 Å². The maximum Gasteiger partial charge on any atom is 0.354 e. The lowest BCUT2D eigenvalue weighted by molar-refractivity contribution is 0.0384. The van der Waals surface area contributed by atoms with E-state index < -0.39 is 5.97 Å². The molecule has 3 aromatic heterocycles. The van der Waals surface area contributed by atoms with Crippen LogP contribution in [-0.2, 0) is 31.7 Å². The summed E-state index contributed by atoms with van der Waals surface area (Å²) >= 11 is 13.6. The van der Waals surface area contributed by atoms with Gasteiger partial charge < -0.3 is 28.6 Å². The molecule has 0 bridgehead atoms. The van der Waals surface area contributed by atoms with E-state index in [1.165, 1.54) is 0 Å². The fraction of sp³-hybridized carbons (Fsp3) is 0.400. The van der Waals surface area contributed by atoms with Gasteiger partial charge in [0.25, 0.3) is 5.91 Å². The highest BCUT2D eigenvalue weighted by Crippen LogP contribution is 2.46. The standard InChI is InChI=1S/C45H50Cl2N6O5/c1-25-21-31(22-26(2)39(25)47)58-18-8-9-32-33-11-12-35(46)38(37-28(4)48-50(7)29(37)5)40(33)53-27(3)24-52(44(54)42(32)53)41-34-23-30(14-15-51-16-19-57-20-17-51)10-13-36(34)49(6)43(41)45(55)56/h10-13,21-23,27H,8-9,14-20,24H2,1-7H3,(H,55,56)/t27-/m1/s1. The molecule has 0 aliphatic carbocycles. The molecule has 3 aromatic carbocycles. The SMILES string of the molecule is Cc1cc(OCCCc2c3n(c4c(-c5c(C)nn(C)c5C)c(Cl)ccc24)[C@H](C)CN(c2c(C(=O)O)n(C)c4ccc(CCN5CCOCC5)cc24)C3=O)cc(C)c1Cl. The van der Waals surface area contributed by atoms with Crippen molar-refractivity contribution in [3.8, 4) is 16.9 Å². The molecule has 0 unspecified atom stereocenters. The third kappa shape index (κ3) is 6.85. The van der Waals surface area contributed by atoms with Gasteiger partial charge in [0.15, 0.2) is 5.69 Å². The van der Waals surface area contributed by atoms with Gasteiger partial charge in [-0.05, 0) is 106 Å². The van der Waals surface area contributed by atoms with Crippen LogP contribution in [0.15, 0.2) is 42.5 Å². The fourth-order valence-electron chi connectivity index (χ4n) is 9.18. The zero-order valence-electron chi connectivity index (χ0n) is 34.2. The van der Waals surface area contributed by atoms with Gasteiger partial charge in [-0.15, -0.1) is 0 Å². The number of aromatic carboxylic acids is 1. The molecule has 6 aromatic rings. The van der Waals surface area contributed by atoms with E-state index in [1.807, 2.05) is 69.8 Å². The lowest BCUT2D eigenvalue weighted by Gasteiger charge is -2.34. The minimum atomic E-state index is -1.09. The molecule has 0 radical (unpaired) electrons. The lowest BCUT2D eigenvalue weighted by atomic mass is 9.98. The number of morpholine rings is 1. The van der Waals surface area contributed by atoms with Crippen molar-refractivity contribution in [3.05, 3.63) is 97.5 Å². The highest BCUT2D eigenvalue weighted by Gasteiger charge is 2.39. The van der Waals surface area contributed by atoms with Crippen LogP contribution in [0.25, 0.3) is 32.9 Å². The number of carboxylic acids is 1. The Balaban J connectivity index is 1.25. The Hall–Kier alpha value is -4.81. The molecule has 1 fully saturated rings. The molecule has 8 rings (SSSR count). The molecule has 1 amide bonds. The van der Waals surface area contributed by atoms with E-state index in [0.29, 0.717) is 35.9 Å². The number of carbonyl (C=O) groups is 2. The zero-order valence-corrected chi connectivity index (χ0v) is 35.7. The van der Waals surface area contributed by atoms with Crippen molar-refractivity contribution in [2.24, 2.45) is 14.1 Å². The number of hydrogen-bond acceptors (Lipinski definition) is 6. The Bertz CT molecular complexity index is 2590. The second-order valence-corrected chi connectivity index (χ2v) is 16.7. The number of fused-ring (bicyclic) bond motifs is 4. The second-order valence-electron chi connectivity index (χ2n) is 15.9. The van der Waals surface area contributed by atoms with E-state index >= 15 is 4.79 Å². The molecule has 1 atom stereocenters. The molecule has 2 aliphatic rings. The first-order valence-electron chi connectivity index (χ1n) is 20.0. The summed E-state index contributed by atoms with van der Waals surface area (Å²) in [4.78, 5) is 32.7. The molecule has 304 valence electrons. The van der Waals surface area contributed by atoms with Gasteiger partial charge in [-0.2, -0.15) is 5.10 Å². The quantitative estimate of drug-likeness (QED) is 0.130. The average Bonchev–Trinajstić information content (AvgIpc) is 3.78. The number of rotatable bonds is 11. The predicted molar refractivity (Wildman–Crippen MR) is 231 cm³/mol. The van der Waals surface area contributed by atoms with Crippen LogP contribution in [0.5, 0.6) is 5.75 Å². The highest BCUT2D eigenvalue weighted by molar-refractivity contribution is 6.35. The van der Waals surface area contributed by atoms with E-state index in [2.05, 4.69) is 28.5 Å². The predicted octanol–water partition coefficient (Wildman–Crippen LogP) is 8.88. The number of nitrogens with zero attached hydrogens (tertiary/aromatic N) is 6. The molecular weight excluding hydrogens is 775 g/mol. The van der Waals surface area contributed by atoms with Crippen LogP contribution in [0.3, 0.4) is 0 Å². The van der Waals surface area contributed by atoms with Crippen LogP contribution in [0, 0.1) is 27.7 Å². The molecule has 11 nitrogen and oxygen atoms in total. The van der Waals surface area contributed by atoms with Gasteiger partial charge in [0.1, 0.15) is 11.4 Å². The van der Waals surface area contributed by atoms with Gasteiger partial charge in [-0.3, -0.25) is 14.4 Å². The Labute approximate surface area is 348 Å². The number of aryl methyl sites for hydroxylation is 6. The first-order valence-corrected chi connectivity index (χ1v) is 20.7. The highest BCUT2D eigenvalue weighted by atomic mass is 35.5. The summed E-state index contributed by atoms with van der Waals surface area (Å²) in [5.41, 5.74) is 10.1. The monoisotopic (exact) mass is 824 g/mol. The van der Waals surface area contributed by atoms with Gasteiger partial charge in [-0.1, -0.05) is 35.3 Å². The Kier molecular flexibility index (Phi) is 10.9. The van der Waals surface area contributed by atoms with Crippen molar-refractivity contribution in [1.29, 1.82) is 0 Å². The molecule has 1 N–H and O–H groups in total. The number of halogens is 2. The summed E-state index contributed by atoms with van der Waals surface area (Å²) < 4.78 is 17.5.